The van der Waals surface area contributed by atoms with E-state index in [2.05, 4.69) is 20.8 Å². The van der Waals surface area contributed by atoms with Gasteiger partial charge in [0.15, 0.2) is 0 Å². The van der Waals surface area contributed by atoms with Crippen molar-refractivity contribution in [3.8, 4) is 0 Å². The standard InChI is InChI=1S/C10H20O.Cu.Zn/c1-7(2)9-5-4-8(3)6-10(9)11;;/h7-11H,4-6H2,1-3H3;;. The maximum Gasteiger partial charge on any atom is 0.0573 e. The summed E-state index contributed by atoms with van der Waals surface area (Å²) in [4.78, 5) is 0. The van der Waals surface area contributed by atoms with Crippen molar-refractivity contribution >= 4 is 0 Å². The van der Waals surface area contributed by atoms with E-state index in [1.807, 2.05) is 0 Å². The Morgan fingerprint density at radius 1 is 1.23 bits per heavy atom. The van der Waals surface area contributed by atoms with Crippen LogP contribution in [0.4, 0.5) is 0 Å². The fraction of sp³-hybridized carbons (Fsp3) is 1.00. The van der Waals surface area contributed by atoms with E-state index in [1.165, 1.54) is 12.8 Å². The Hall–Kier alpha value is 1.10. The SMILES string of the molecule is CC1CCC(C(C)C)C(O)C1.[Cu].[Zn]. The average molecular weight is 285 g/mol. The first-order valence-corrected chi connectivity index (χ1v) is 4.79. The Labute approximate surface area is 105 Å². The number of hydrogen-bond donors (Lipinski definition) is 1. The first kappa shape index (κ1) is 16.5. The Morgan fingerprint density at radius 2 is 1.77 bits per heavy atom. The van der Waals surface area contributed by atoms with Gasteiger partial charge < -0.3 is 5.11 Å². The van der Waals surface area contributed by atoms with E-state index in [-0.39, 0.29) is 42.7 Å². The third-order valence-corrected chi connectivity index (χ3v) is 2.99. The first-order valence-electron chi connectivity index (χ1n) is 4.79. The van der Waals surface area contributed by atoms with E-state index in [1.54, 1.807) is 0 Å². The van der Waals surface area contributed by atoms with Gasteiger partial charge in [0.05, 0.1) is 6.10 Å². The molecule has 0 bridgehead atoms. The molecule has 0 spiro atoms. The second-order valence-electron chi connectivity index (χ2n) is 4.39. The number of aliphatic hydroxyl groups excluding tert-OH is 1. The Kier molecular flexibility index (Phi) is 9.41. The van der Waals surface area contributed by atoms with Gasteiger partial charge >= 0.3 is 0 Å². The third kappa shape index (κ3) is 4.93. The molecule has 3 atom stereocenters. The van der Waals surface area contributed by atoms with Crippen LogP contribution in [-0.2, 0) is 36.5 Å². The quantitative estimate of drug-likeness (QED) is 0.734. The van der Waals surface area contributed by atoms with Crippen molar-refractivity contribution < 1.29 is 41.7 Å². The molecule has 1 radical (unpaired) electrons. The van der Waals surface area contributed by atoms with Gasteiger partial charge in [-0.25, -0.2) is 0 Å². The molecular formula is C10H20CuOZn. The van der Waals surface area contributed by atoms with E-state index in [4.69, 9.17) is 0 Å². The predicted molar refractivity (Wildman–Crippen MR) is 47.3 cm³/mol. The van der Waals surface area contributed by atoms with Crippen molar-refractivity contribution in [2.75, 3.05) is 0 Å². The van der Waals surface area contributed by atoms with Crippen LogP contribution in [0.2, 0.25) is 0 Å². The Morgan fingerprint density at radius 3 is 2.15 bits per heavy atom. The average Bonchev–Trinajstić information content (AvgIpc) is 1.85. The Balaban J connectivity index is 0. The summed E-state index contributed by atoms with van der Waals surface area (Å²) in [5.74, 6) is 1.95. The molecule has 0 aromatic rings. The molecule has 0 heterocycles. The molecule has 1 saturated carbocycles. The van der Waals surface area contributed by atoms with Crippen LogP contribution >= 0.6 is 0 Å². The molecule has 1 aliphatic rings. The van der Waals surface area contributed by atoms with E-state index < -0.39 is 0 Å². The molecule has 0 aliphatic heterocycles. The maximum absolute atomic E-state index is 9.71. The normalized spacial score (nSPS) is 33.5. The molecular weight excluding hydrogens is 265 g/mol. The van der Waals surface area contributed by atoms with Gasteiger partial charge in [0.1, 0.15) is 0 Å². The maximum atomic E-state index is 9.71. The minimum Gasteiger partial charge on any atom is -0.393 e. The molecule has 13 heavy (non-hydrogen) atoms. The molecule has 3 heteroatoms. The minimum absolute atomic E-state index is 0. The zero-order chi connectivity index (χ0) is 8.43. The molecule has 1 aliphatic carbocycles. The zero-order valence-electron chi connectivity index (χ0n) is 8.89. The summed E-state index contributed by atoms with van der Waals surface area (Å²) in [5, 5.41) is 9.71. The number of aliphatic hydroxyl groups is 1. The van der Waals surface area contributed by atoms with Crippen molar-refractivity contribution in [2.45, 2.75) is 46.1 Å². The summed E-state index contributed by atoms with van der Waals surface area (Å²) in [5.41, 5.74) is 0. The molecule has 0 aromatic heterocycles. The van der Waals surface area contributed by atoms with Crippen molar-refractivity contribution in [1.29, 1.82) is 0 Å². The van der Waals surface area contributed by atoms with Crippen molar-refractivity contribution in [3.05, 3.63) is 0 Å². The molecule has 3 unspecified atom stereocenters. The van der Waals surface area contributed by atoms with E-state index in [0.717, 1.165) is 12.3 Å². The van der Waals surface area contributed by atoms with Crippen molar-refractivity contribution in [1.82, 2.24) is 0 Å². The van der Waals surface area contributed by atoms with Crippen molar-refractivity contribution in [2.24, 2.45) is 17.8 Å². The van der Waals surface area contributed by atoms with Crippen LogP contribution in [0.15, 0.2) is 0 Å². The molecule has 1 nitrogen and oxygen atoms in total. The largest absolute Gasteiger partial charge is 0.393 e. The molecule has 1 N–H and O–H groups in total. The van der Waals surface area contributed by atoms with Gasteiger partial charge in [-0.15, -0.1) is 0 Å². The van der Waals surface area contributed by atoms with Crippen molar-refractivity contribution in [3.63, 3.8) is 0 Å². The molecule has 1 rings (SSSR count). The van der Waals surface area contributed by atoms with Crippen LogP contribution in [0.25, 0.3) is 0 Å². The Bertz CT molecular complexity index is 130. The van der Waals surface area contributed by atoms with Gasteiger partial charge in [-0.1, -0.05) is 27.2 Å². The van der Waals surface area contributed by atoms with Gasteiger partial charge in [0, 0.05) is 36.5 Å². The summed E-state index contributed by atoms with van der Waals surface area (Å²) >= 11 is 0. The second kappa shape index (κ2) is 7.40. The van der Waals surface area contributed by atoms with Gasteiger partial charge in [0.25, 0.3) is 0 Å². The molecule has 0 saturated heterocycles. The van der Waals surface area contributed by atoms with Crippen LogP contribution in [0.1, 0.15) is 40.0 Å². The topological polar surface area (TPSA) is 20.2 Å². The summed E-state index contributed by atoms with van der Waals surface area (Å²) in [6.45, 7) is 6.66. The van der Waals surface area contributed by atoms with E-state index >= 15 is 0 Å². The van der Waals surface area contributed by atoms with Gasteiger partial charge in [-0.3, -0.25) is 0 Å². The number of hydrogen-bond acceptors (Lipinski definition) is 1. The van der Waals surface area contributed by atoms with Crippen LogP contribution in [0.5, 0.6) is 0 Å². The minimum atomic E-state index is -0.0289. The first-order chi connectivity index (χ1) is 5.11. The van der Waals surface area contributed by atoms with Crippen LogP contribution < -0.4 is 0 Å². The van der Waals surface area contributed by atoms with Gasteiger partial charge in [-0.2, -0.15) is 0 Å². The number of rotatable bonds is 1. The van der Waals surface area contributed by atoms with Crippen LogP contribution in [0, 0.1) is 17.8 Å². The summed E-state index contributed by atoms with van der Waals surface area (Å²) < 4.78 is 0. The summed E-state index contributed by atoms with van der Waals surface area (Å²) in [6.07, 6.45) is 3.52. The fourth-order valence-corrected chi connectivity index (χ4v) is 2.15. The third-order valence-electron chi connectivity index (χ3n) is 2.99. The molecule has 79 valence electrons. The van der Waals surface area contributed by atoms with Crippen LogP contribution in [-0.4, -0.2) is 11.2 Å². The van der Waals surface area contributed by atoms with Gasteiger partial charge in [-0.05, 0) is 30.6 Å². The fourth-order valence-electron chi connectivity index (χ4n) is 2.15. The molecule has 0 amide bonds. The smallest absolute Gasteiger partial charge is 0.0573 e. The second-order valence-corrected chi connectivity index (χ2v) is 4.39. The molecule has 1 fully saturated rings. The van der Waals surface area contributed by atoms with Crippen LogP contribution in [0.3, 0.4) is 0 Å². The zero-order valence-corrected chi connectivity index (χ0v) is 12.8. The van der Waals surface area contributed by atoms with E-state index in [9.17, 15) is 5.11 Å². The van der Waals surface area contributed by atoms with Gasteiger partial charge in [0.2, 0.25) is 0 Å². The monoisotopic (exact) mass is 283 g/mol. The predicted octanol–water partition coefficient (Wildman–Crippen LogP) is 2.43. The molecule has 0 aromatic carbocycles. The van der Waals surface area contributed by atoms with E-state index in [0.29, 0.717) is 11.8 Å². The summed E-state index contributed by atoms with van der Waals surface area (Å²) in [6, 6.07) is 0. The summed E-state index contributed by atoms with van der Waals surface area (Å²) in [7, 11) is 0.